The van der Waals surface area contributed by atoms with Gasteiger partial charge in [0.15, 0.2) is 5.41 Å². The average Bonchev–Trinajstić information content (AvgIpc) is 2.79. The Kier molecular flexibility index (Phi) is 11.8. The number of terminal acetylenes is 1. The zero-order chi connectivity index (χ0) is 26.8. The van der Waals surface area contributed by atoms with Crippen LogP contribution < -0.4 is 0 Å². The summed E-state index contributed by atoms with van der Waals surface area (Å²) in [6.07, 6.45) is 7.41. The smallest absolute Gasteiger partial charge is 0.325 e. The minimum absolute atomic E-state index is 0.132. The second kappa shape index (κ2) is 13.5. The van der Waals surface area contributed by atoms with Crippen molar-refractivity contribution in [2.45, 2.75) is 85.4 Å². The predicted molar refractivity (Wildman–Crippen MR) is 145 cm³/mol. The van der Waals surface area contributed by atoms with Gasteiger partial charge in [0.25, 0.3) is 8.32 Å². The van der Waals surface area contributed by atoms with E-state index in [1.165, 1.54) is 0 Å². The molecule has 1 atom stereocenters. The van der Waals surface area contributed by atoms with E-state index in [0.29, 0.717) is 22.4 Å². The molecule has 0 bridgehead atoms. The van der Waals surface area contributed by atoms with Crippen molar-refractivity contribution in [1.29, 1.82) is 0 Å². The molecule has 6 heteroatoms. The van der Waals surface area contributed by atoms with Crippen LogP contribution in [0.15, 0.2) is 36.4 Å². The van der Waals surface area contributed by atoms with Gasteiger partial charge < -0.3 is 13.9 Å². The van der Waals surface area contributed by atoms with Crippen LogP contribution >= 0.6 is 0 Å². The van der Waals surface area contributed by atoms with Crippen LogP contribution in [-0.2, 0) is 23.5 Å². The Morgan fingerprint density at radius 2 is 1.37 bits per heavy atom. The van der Waals surface area contributed by atoms with Gasteiger partial charge in [0, 0.05) is 17.9 Å². The lowest BCUT2D eigenvalue weighted by Crippen LogP contribution is -2.48. The van der Waals surface area contributed by atoms with Crippen molar-refractivity contribution in [3.63, 3.8) is 0 Å². The Bertz CT molecular complexity index is 856. The Morgan fingerprint density at radius 1 is 0.914 bits per heavy atom. The summed E-state index contributed by atoms with van der Waals surface area (Å²) in [6, 6.07) is 9.81. The Morgan fingerprint density at radius 3 is 1.74 bits per heavy atom. The molecule has 0 saturated carbocycles. The third-order valence-corrected chi connectivity index (χ3v) is 12.9. The van der Waals surface area contributed by atoms with E-state index < -0.39 is 31.6 Å². The van der Waals surface area contributed by atoms with Crippen molar-refractivity contribution in [1.82, 2.24) is 0 Å². The summed E-state index contributed by atoms with van der Waals surface area (Å²) in [5.74, 6) is 1.20. The van der Waals surface area contributed by atoms with Crippen LogP contribution in [0.2, 0.25) is 16.6 Å². The van der Waals surface area contributed by atoms with Crippen molar-refractivity contribution in [2.75, 3.05) is 13.2 Å². The molecule has 35 heavy (non-hydrogen) atoms. The first kappa shape index (κ1) is 30.5. The molecule has 0 saturated heterocycles. The van der Waals surface area contributed by atoms with Crippen LogP contribution in [-0.4, -0.2) is 33.5 Å². The van der Waals surface area contributed by atoms with Gasteiger partial charge in [-0.15, -0.1) is 12.3 Å². The molecular formula is C29H44O5Si. The van der Waals surface area contributed by atoms with E-state index in [4.69, 9.17) is 20.3 Å². The lowest BCUT2D eigenvalue weighted by Gasteiger charge is -2.43. The monoisotopic (exact) mass is 500 g/mol. The Hall–Kier alpha value is -2.52. The van der Waals surface area contributed by atoms with E-state index in [1.54, 1.807) is 20.8 Å². The SMILES string of the molecule is C#CCC(C(=O)OCC)(C(=O)OCC)C(C)/C=C(\O[Si](C(C)C)(C(C)C)C(C)C)c1ccccc1. The number of ether oxygens (including phenoxy) is 2. The molecule has 1 aromatic rings. The summed E-state index contributed by atoms with van der Waals surface area (Å²) in [5.41, 5.74) is 0.254. The summed E-state index contributed by atoms with van der Waals surface area (Å²) in [6.45, 7) is 18.8. The van der Waals surface area contributed by atoms with Crippen molar-refractivity contribution < 1.29 is 23.5 Å². The second-order valence-corrected chi connectivity index (χ2v) is 15.3. The lowest BCUT2D eigenvalue weighted by atomic mass is 9.73. The fraction of sp³-hybridized carbons (Fsp3) is 0.586. The van der Waals surface area contributed by atoms with Gasteiger partial charge in [-0.2, -0.15) is 0 Å². The number of hydrogen-bond donors (Lipinski definition) is 0. The van der Waals surface area contributed by atoms with Crippen LogP contribution in [0.25, 0.3) is 5.76 Å². The molecular weight excluding hydrogens is 456 g/mol. The molecule has 0 aliphatic heterocycles. The zero-order valence-electron chi connectivity index (χ0n) is 23.0. The number of rotatable bonds is 13. The standard InChI is InChI=1S/C29H44O5Si/c1-11-19-29(27(30)32-12-2,28(31)33-13-3)24(10)20-26(25-17-15-14-16-18-25)34-35(21(4)5,22(6)7)23(8)9/h1,14-18,20-24H,12-13,19H2,2-10H3/b26-20-. The fourth-order valence-electron chi connectivity index (χ4n) is 5.15. The van der Waals surface area contributed by atoms with Crippen LogP contribution in [0.1, 0.15) is 74.3 Å². The number of benzene rings is 1. The molecule has 0 amide bonds. The highest BCUT2D eigenvalue weighted by molar-refractivity contribution is 6.78. The first-order valence-corrected chi connectivity index (χ1v) is 14.8. The Labute approximate surface area is 213 Å². The van der Waals surface area contributed by atoms with Gasteiger partial charge in [-0.1, -0.05) is 78.8 Å². The van der Waals surface area contributed by atoms with Crippen molar-refractivity contribution in [3.05, 3.63) is 42.0 Å². The molecule has 0 N–H and O–H groups in total. The number of allylic oxidation sites excluding steroid dienone is 1. The van der Waals surface area contributed by atoms with E-state index in [2.05, 4.69) is 47.5 Å². The molecule has 0 radical (unpaired) electrons. The van der Waals surface area contributed by atoms with E-state index in [-0.39, 0.29) is 19.6 Å². The van der Waals surface area contributed by atoms with Crippen molar-refractivity contribution in [2.24, 2.45) is 11.3 Å². The summed E-state index contributed by atoms with van der Waals surface area (Å²) in [4.78, 5) is 26.5. The largest absolute Gasteiger partial charge is 0.542 e. The molecule has 0 spiro atoms. The maximum absolute atomic E-state index is 13.3. The normalized spacial score (nSPS) is 13.5. The first-order chi connectivity index (χ1) is 16.4. The first-order valence-electron chi connectivity index (χ1n) is 12.7. The van der Waals surface area contributed by atoms with E-state index in [0.717, 1.165) is 5.56 Å². The van der Waals surface area contributed by atoms with Gasteiger partial charge in [0.2, 0.25) is 0 Å². The van der Waals surface area contributed by atoms with Crippen molar-refractivity contribution in [3.8, 4) is 12.3 Å². The second-order valence-electron chi connectivity index (χ2n) is 9.90. The summed E-state index contributed by atoms with van der Waals surface area (Å²) < 4.78 is 17.8. The third-order valence-electron chi connectivity index (χ3n) is 6.89. The molecule has 194 valence electrons. The molecule has 0 aliphatic rings. The molecule has 0 fully saturated rings. The molecule has 0 aliphatic carbocycles. The highest BCUT2D eigenvalue weighted by Crippen LogP contribution is 2.46. The Balaban J connectivity index is 3.84. The van der Waals surface area contributed by atoms with Gasteiger partial charge in [-0.25, -0.2) is 0 Å². The fourth-order valence-corrected chi connectivity index (χ4v) is 10.4. The van der Waals surface area contributed by atoms with Crippen LogP contribution in [0.5, 0.6) is 0 Å². The molecule has 1 unspecified atom stereocenters. The average molecular weight is 501 g/mol. The van der Waals surface area contributed by atoms with Gasteiger partial charge in [-0.05, 0) is 36.5 Å². The maximum atomic E-state index is 13.3. The highest BCUT2D eigenvalue weighted by Gasteiger charge is 2.53. The molecule has 5 nitrogen and oxygen atoms in total. The quantitative estimate of drug-likeness (QED) is 0.0960. The van der Waals surface area contributed by atoms with Gasteiger partial charge >= 0.3 is 11.9 Å². The zero-order valence-corrected chi connectivity index (χ0v) is 24.0. The molecule has 0 aromatic heterocycles. The van der Waals surface area contributed by atoms with Crippen LogP contribution in [0, 0.1) is 23.7 Å². The van der Waals surface area contributed by atoms with Gasteiger partial charge in [0.05, 0.1) is 13.2 Å². The lowest BCUT2D eigenvalue weighted by molar-refractivity contribution is -0.174. The van der Waals surface area contributed by atoms with Gasteiger partial charge in [0.1, 0.15) is 5.76 Å². The summed E-state index contributed by atoms with van der Waals surface area (Å²) >= 11 is 0. The van der Waals surface area contributed by atoms with E-state index in [9.17, 15) is 9.59 Å². The molecule has 1 aromatic carbocycles. The van der Waals surface area contributed by atoms with E-state index >= 15 is 0 Å². The number of hydrogen-bond acceptors (Lipinski definition) is 5. The van der Waals surface area contributed by atoms with Gasteiger partial charge in [-0.3, -0.25) is 9.59 Å². The maximum Gasteiger partial charge on any atom is 0.325 e. The summed E-state index contributed by atoms with van der Waals surface area (Å²) in [5, 5.41) is 0. The topological polar surface area (TPSA) is 61.8 Å². The predicted octanol–water partition coefficient (Wildman–Crippen LogP) is 6.99. The molecule has 1 rings (SSSR count). The number of carbonyl (C=O) groups is 2. The van der Waals surface area contributed by atoms with E-state index in [1.807, 2.05) is 36.4 Å². The third kappa shape index (κ3) is 6.58. The highest BCUT2D eigenvalue weighted by atomic mass is 28.4. The number of esters is 2. The minimum Gasteiger partial charge on any atom is -0.542 e. The van der Waals surface area contributed by atoms with Crippen LogP contribution in [0.3, 0.4) is 0 Å². The van der Waals surface area contributed by atoms with Crippen LogP contribution in [0.4, 0.5) is 0 Å². The summed E-state index contributed by atoms with van der Waals surface area (Å²) in [7, 11) is -2.34. The minimum atomic E-state index is -2.34. The molecule has 0 heterocycles. The van der Waals surface area contributed by atoms with Crippen molar-refractivity contribution >= 4 is 26.0 Å². The number of carbonyl (C=O) groups excluding carboxylic acids is 2.